The zero-order valence-corrected chi connectivity index (χ0v) is 11.7. The molecule has 2 unspecified atom stereocenters. The molecule has 2 amide bonds. The van der Waals surface area contributed by atoms with E-state index >= 15 is 0 Å². The second kappa shape index (κ2) is 6.72. The Bertz CT molecular complexity index is 445. The average molecular weight is 278 g/mol. The first-order valence-electron chi connectivity index (χ1n) is 7.05. The number of carbonyl (C=O) groups is 1. The molecular formula is C15H22N2O3. The summed E-state index contributed by atoms with van der Waals surface area (Å²) in [5.41, 5.74) is 1.53. The number of carbonyl (C=O) groups excluding carboxylic acids is 1. The molecule has 20 heavy (non-hydrogen) atoms. The number of nitrogens with one attached hydrogen (secondary N) is 1. The minimum absolute atomic E-state index is 0.132. The summed E-state index contributed by atoms with van der Waals surface area (Å²) < 4.78 is 0. The molecular weight excluding hydrogens is 256 g/mol. The Morgan fingerprint density at radius 1 is 1.45 bits per heavy atom. The molecule has 1 aromatic carbocycles. The van der Waals surface area contributed by atoms with Gasteiger partial charge in [0.25, 0.3) is 0 Å². The van der Waals surface area contributed by atoms with Crippen molar-refractivity contribution in [3.05, 3.63) is 29.8 Å². The summed E-state index contributed by atoms with van der Waals surface area (Å²) in [6, 6.07) is 7.04. The molecule has 0 spiro atoms. The highest BCUT2D eigenvalue weighted by Crippen LogP contribution is 2.19. The van der Waals surface area contributed by atoms with Crippen molar-refractivity contribution in [1.29, 1.82) is 0 Å². The quantitative estimate of drug-likeness (QED) is 0.791. The second-order valence-electron chi connectivity index (χ2n) is 5.36. The fraction of sp³-hybridized carbons (Fsp3) is 0.533. The SMILES string of the molecule is CC(O)c1ccc(NC(=O)N2CCCC(CO)C2)cc1. The lowest BCUT2D eigenvalue weighted by Gasteiger charge is -2.31. The molecule has 5 heteroatoms. The Labute approximate surface area is 119 Å². The van der Waals surface area contributed by atoms with Crippen LogP contribution in [-0.4, -0.2) is 40.8 Å². The van der Waals surface area contributed by atoms with Crippen LogP contribution in [0.5, 0.6) is 0 Å². The number of aliphatic hydroxyl groups excluding tert-OH is 2. The topological polar surface area (TPSA) is 72.8 Å². The monoisotopic (exact) mass is 278 g/mol. The number of nitrogens with zero attached hydrogens (tertiary/aromatic N) is 1. The van der Waals surface area contributed by atoms with E-state index in [9.17, 15) is 15.0 Å². The molecule has 2 rings (SSSR count). The molecule has 0 bridgehead atoms. The zero-order valence-electron chi connectivity index (χ0n) is 11.7. The van der Waals surface area contributed by atoms with Crippen molar-refractivity contribution in [3.63, 3.8) is 0 Å². The largest absolute Gasteiger partial charge is 0.396 e. The lowest BCUT2D eigenvalue weighted by molar-refractivity contribution is 0.136. The van der Waals surface area contributed by atoms with E-state index in [1.807, 2.05) is 0 Å². The summed E-state index contributed by atoms with van der Waals surface area (Å²) in [4.78, 5) is 13.9. The molecule has 0 radical (unpaired) electrons. The van der Waals surface area contributed by atoms with Gasteiger partial charge in [-0.05, 0) is 43.4 Å². The minimum Gasteiger partial charge on any atom is -0.396 e. The predicted octanol–water partition coefficient (Wildman–Crippen LogP) is 1.98. The number of hydrogen-bond acceptors (Lipinski definition) is 3. The van der Waals surface area contributed by atoms with E-state index in [1.54, 1.807) is 36.1 Å². The molecule has 2 atom stereocenters. The van der Waals surface area contributed by atoms with Crippen LogP contribution >= 0.6 is 0 Å². The van der Waals surface area contributed by atoms with Gasteiger partial charge < -0.3 is 20.4 Å². The molecule has 5 nitrogen and oxygen atoms in total. The number of aliphatic hydroxyl groups is 2. The van der Waals surface area contributed by atoms with Crippen LogP contribution in [0.15, 0.2) is 24.3 Å². The summed E-state index contributed by atoms with van der Waals surface area (Å²) in [7, 11) is 0. The molecule has 3 N–H and O–H groups in total. The first-order valence-corrected chi connectivity index (χ1v) is 7.05. The Hall–Kier alpha value is -1.59. The summed E-state index contributed by atoms with van der Waals surface area (Å²) in [6.07, 6.45) is 1.40. The van der Waals surface area contributed by atoms with E-state index in [2.05, 4.69) is 5.32 Å². The third-order valence-electron chi connectivity index (χ3n) is 3.71. The number of piperidine rings is 1. The van der Waals surface area contributed by atoms with E-state index in [-0.39, 0.29) is 18.6 Å². The summed E-state index contributed by atoms with van der Waals surface area (Å²) in [5.74, 6) is 0.187. The summed E-state index contributed by atoms with van der Waals surface area (Å²) in [5, 5.41) is 21.5. The van der Waals surface area contributed by atoms with Gasteiger partial charge in [0.15, 0.2) is 0 Å². The number of anilines is 1. The van der Waals surface area contributed by atoms with Crippen molar-refractivity contribution in [1.82, 2.24) is 4.90 Å². The second-order valence-corrected chi connectivity index (χ2v) is 5.36. The molecule has 0 saturated carbocycles. The average Bonchev–Trinajstić information content (AvgIpc) is 2.47. The van der Waals surface area contributed by atoms with Crippen molar-refractivity contribution in [2.75, 3.05) is 25.0 Å². The number of amides is 2. The van der Waals surface area contributed by atoms with Crippen LogP contribution in [0.25, 0.3) is 0 Å². The van der Waals surface area contributed by atoms with Gasteiger partial charge in [0.2, 0.25) is 0 Å². The van der Waals surface area contributed by atoms with Gasteiger partial charge >= 0.3 is 6.03 Å². The number of hydrogen-bond donors (Lipinski definition) is 3. The first kappa shape index (κ1) is 14.8. The van der Waals surface area contributed by atoms with Gasteiger partial charge in [-0.1, -0.05) is 12.1 Å². The Balaban J connectivity index is 1.93. The maximum atomic E-state index is 12.1. The van der Waals surface area contributed by atoms with Gasteiger partial charge in [-0.3, -0.25) is 0 Å². The van der Waals surface area contributed by atoms with Crippen molar-refractivity contribution < 1.29 is 15.0 Å². The summed E-state index contributed by atoms with van der Waals surface area (Å²) >= 11 is 0. The highest BCUT2D eigenvalue weighted by atomic mass is 16.3. The third kappa shape index (κ3) is 3.71. The van der Waals surface area contributed by atoms with Gasteiger partial charge in [0.1, 0.15) is 0 Å². The molecule has 1 heterocycles. The van der Waals surface area contributed by atoms with Crippen LogP contribution in [-0.2, 0) is 0 Å². The van der Waals surface area contributed by atoms with Gasteiger partial charge in [-0.15, -0.1) is 0 Å². The van der Waals surface area contributed by atoms with Crippen molar-refractivity contribution in [2.45, 2.75) is 25.9 Å². The van der Waals surface area contributed by atoms with Crippen molar-refractivity contribution >= 4 is 11.7 Å². The van der Waals surface area contributed by atoms with Gasteiger partial charge in [-0.2, -0.15) is 0 Å². The normalized spacial score (nSPS) is 20.6. The molecule has 1 aliphatic rings. The van der Waals surface area contributed by atoms with E-state index in [0.29, 0.717) is 12.2 Å². The van der Waals surface area contributed by atoms with Crippen LogP contribution in [0.1, 0.15) is 31.4 Å². The van der Waals surface area contributed by atoms with Crippen LogP contribution in [0, 0.1) is 5.92 Å². The minimum atomic E-state index is -0.507. The molecule has 1 saturated heterocycles. The molecule has 0 aromatic heterocycles. The number of urea groups is 1. The smallest absolute Gasteiger partial charge is 0.321 e. The fourth-order valence-electron chi connectivity index (χ4n) is 2.45. The van der Waals surface area contributed by atoms with Crippen molar-refractivity contribution in [2.24, 2.45) is 5.92 Å². The maximum absolute atomic E-state index is 12.1. The van der Waals surface area contributed by atoms with E-state index in [4.69, 9.17) is 0 Å². The first-order chi connectivity index (χ1) is 9.60. The zero-order chi connectivity index (χ0) is 14.5. The molecule has 0 aliphatic carbocycles. The van der Waals surface area contributed by atoms with Crippen LogP contribution in [0.4, 0.5) is 10.5 Å². The fourth-order valence-corrected chi connectivity index (χ4v) is 2.45. The lowest BCUT2D eigenvalue weighted by atomic mass is 9.99. The number of benzene rings is 1. The van der Waals surface area contributed by atoms with Gasteiger partial charge in [-0.25, -0.2) is 4.79 Å². The van der Waals surface area contributed by atoms with Crippen LogP contribution < -0.4 is 5.32 Å². The maximum Gasteiger partial charge on any atom is 0.321 e. The van der Waals surface area contributed by atoms with E-state index in [0.717, 1.165) is 24.9 Å². The standard InChI is InChI=1S/C15H22N2O3/c1-11(19)13-4-6-14(7-5-13)16-15(20)17-8-2-3-12(9-17)10-18/h4-7,11-12,18-19H,2-3,8-10H2,1H3,(H,16,20). The lowest BCUT2D eigenvalue weighted by Crippen LogP contribution is -2.43. The summed E-state index contributed by atoms with van der Waals surface area (Å²) in [6.45, 7) is 3.17. The van der Waals surface area contributed by atoms with Crippen LogP contribution in [0.2, 0.25) is 0 Å². The number of rotatable bonds is 3. The molecule has 1 fully saturated rings. The van der Waals surface area contributed by atoms with Crippen molar-refractivity contribution in [3.8, 4) is 0 Å². The highest BCUT2D eigenvalue weighted by Gasteiger charge is 2.23. The molecule has 1 aromatic rings. The van der Waals surface area contributed by atoms with E-state index < -0.39 is 6.10 Å². The Kier molecular flexibility index (Phi) is 4.98. The predicted molar refractivity (Wildman–Crippen MR) is 77.5 cm³/mol. The third-order valence-corrected chi connectivity index (χ3v) is 3.71. The highest BCUT2D eigenvalue weighted by molar-refractivity contribution is 5.89. The molecule has 1 aliphatic heterocycles. The van der Waals surface area contributed by atoms with Crippen LogP contribution in [0.3, 0.4) is 0 Å². The van der Waals surface area contributed by atoms with Gasteiger partial charge in [0.05, 0.1) is 6.10 Å². The number of likely N-dealkylation sites (tertiary alicyclic amines) is 1. The Morgan fingerprint density at radius 3 is 2.75 bits per heavy atom. The Morgan fingerprint density at radius 2 is 2.15 bits per heavy atom. The van der Waals surface area contributed by atoms with Gasteiger partial charge in [0, 0.05) is 25.4 Å². The molecule has 110 valence electrons. The van der Waals surface area contributed by atoms with E-state index in [1.165, 1.54) is 0 Å².